The number of rotatable bonds is 3. The van der Waals surface area contributed by atoms with Gasteiger partial charge in [-0.3, -0.25) is 9.69 Å². The Hall–Kier alpha value is -0.650. The number of likely N-dealkylation sites (tertiary alicyclic amines) is 1. The molecule has 2 aliphatic carbocycles. The highest BCUT2D eigenvalue weighted by atomic mass is 16.3. The second-order valence-electron chi connectivity index (χ2n) is 7.53. The first-order chi connectivity index (χ1) is 10.6. The van der Waals surface area contributed by atoms with Crippen LogP contribution in [-0.2, 0) is 4.79 Å². The van der Waals surface area contributed by atoms with Crippen molar-refractivity contribution in [3.63, 3.8) is 0 Å². The van der Waals surface area contributed by atoms with Gasteiger partial charge in [0, 0.05) is 17.9 Å². The fourth-order valence-electron chi connectivity index (χ4n) is 4.44. The average Bonchev–Trinajstić information content (AvgIpc) is 2.77. The second-order valence-corrected chi connectivity index (χ2v) is 7.53. The predicted octanol–water partition coefficient (Wildman–Crippen LogP) is 1.03. The number of nitrogens with one attached hydrogen (secondary N) is 1. The molecule has 2 saturated carbocycles. The first-order valence-corrected chi connectivity index (χ1v) is 8.98. The fraction of sp³-hybridized carbons (Fsp3) is 0.941. The van der Waals surface area contributed by atoms with E-state index in [4.69, 9.17) is 0 Å². The van der Waals surface area contributed by atoms with Gasteiger partial charge < -0.3 is 15.5 Å². The molecule has 1 aliphatic heterocycles. The molecule has 22 heavy (non-hydrogen) atoms. The molecule has 1 amide bonds. The van der Waals surface area contributed by atoms with Crippen LogP contribution in [0.4, 0.5) is 0 Å². The summed E-state index contributed by atoms with van der Waals surface area (Å²) in [4.78, 5) is 14.4. The van der Waals surface area contributed by atoms with Crippen molar-refractivity contribution >= 4 is 5.91 Å². The van der Waals surface area contributed by atoms with Gasteiger partial charge in [-0.25, -0.2) is 0 Å². The Morgan fingerprint density at radius 3 is 2.18 bits per heavy atom. The summed E-state index contributed by atoms with van der Waals surface area (Å²) in [5.74, 6) is 0.137. The number of aliphatic hydroxyl groups is 2. The molecule has 5 nitrogen and oxygen atoms in total. The average molecular weight is 310 g/mol. The van der Waals surface area contributed by atoms with E-state index < -0.39 is 0 Å². The molecule has 1 spiro atoms. The molecule has 2 atom stereocenters. The molecule has 1 saturated heterocycles. The minimum Gasteiger partial charge on any atom is -0.392 e. The Labute approximate surface area is 133 Å². The molecule has 3 aliphatic rings. The number of carbonyl (C=O) groups excluding carboxylic acids is 1. The summed E-state index contributed by atoms with van der Waals surface area (Å²) in [5.41, 5.74) is -0.283. The topological polar surface area (TPSA) is 72.8 Å². The molecule has 1 heterocycles. The highest BCUT2D eigenvalue weighted by Gasteiger charge is 2.54. The van der Waals surface area contributed by atoms with E-state index in [9.17, 15) is 15.0 Å². The fourth-order valence-corrected chi connectivity index (χ4v) is 4.44. The lowest BCUT2D eigenvalue weighted by Gasteiger charge is -2.55. The maximum absolute atomic E-state index is 12.2. The standard InChI is InChI=1S/C17H30N2O3/c20-14-11-15(21)17(14)7-9-19(10-8-17)12-16(22)18-13-5-3-1-2-4-6-13/h13-15,20-21H,1-12H2,(H,18,22)/t14-,15+. The molecule has 3 rings (SSSR count). The monoisotopic (exact) mass is 310 g/mol. The molecule has 0 unspecified atom stereocenters. The second kappa shape index (κ2) is 6.85. The van der Waals surface area contributed by atoms with E-state index in [-0.39, 0.29) is 23.5 Å². The van der Waals surface area contributed by atoms with Crippen LogP contribution in [0.25, 0.3) is 0 Å². The van der Waals surface area contributed by atoms with Crippen LogP contribution in [0.5, 0.6) is 0 Å². The van der Waals surface area contributed by atoms with Crippen LogP contribution < -0.4 is 5.32 Å². The van der Waals surface area contributed by atoms with Crippen molar-refractivity contribution in [1.29, 1.82) is 0 Å². The maximum Gasteiger partial charge on any atom is 0.234 e. The van der Waals surface area contributed by atoms with Gasteiger partial charge in [-0.05, 0) is 38.8 Å². The molecular formula is C17H30N2O3. The summed E-state index contributed by atoms with van der Waals surface area (Å²) in [6.45, 7) is 2.05. The van der Waals surface area contributed by atoms with E-state index in [0.29, 0.717) is 19.0 Å². The number of carbonyl (C=O) groups is 1. The van der Waals surface area contributed by atoms with E-state index in [1.54, 1.807) is 0 Å². The van der Waals surface area contributed by atoms with Crippen LogP contribution in [0.3, 0.4) is 0 Å². The lowest BCUT2D eigenvalue weighted by atomic mass is 9.58. The number of amides is 1. The summed E-state index contributed by atoms with van der Waals surface area (Å²) in [5, 5.41) is 23.1. The molecule has 0 aromatic carbocycles. The van der Waals surface area contributed by atoms with Gasteiger partial charge >= 0.3 is 0 Å². The Bertz CT molecular complexity index is 375. The van der Waals surface area contributed by atoms with Gasteiger partial charge in [-0.2, -0.15) is 0 Å². The molecule has 3 N–H and O–H groups in total. The first-order valence-electron chi connectivity index (χ1n) is 8.98. The Morgan fingerprint density at radius 1 is 1.05 bits per heavy atom. The Kier molecular flexibility index (Phi) is 5.05. The van der Waals surface area contributed by atoms with Gasteiger partial charge in [0.15, 0.2) is 0 Å². The van der Waals surface area contributed by atoms with E-state index >= 15 is 0 Å². The number of hydrogen-bond acceptors (Lipinski definition) is 4. The van der Waals surface area contributed by atoms with Crippen LogP contribution in [0.15, 0.2) is 0 Å². The van der Waals surface area contributed by atoms with Crippen molar-refractivity contribution < 1.29 is 15.0 Å². The summed E-state index contributed by atoms with van der Waals surface area (Å²) in [6, 6.07) is 0.362. The molecule has 126 valence electrons. The van der Waals surface area contributed by atoms with Crippen LogP contribution >= 0.6 is 0 Å². The summed E-state index contributed by atoms with van der Waals surface area (Å²) in [6.07, 6.45) is 8.69. The molecule has 3 fully saturated rings. The third-order valence-corrected chi connectivity index (χ3v) is 6.15. The molecule has 0 aromatic rings. The number of piperidine rings is 1. The number of nitrogens with zero attached hydrogens (tertiary/aromatic N) is 1. The highest BCUT2D eigenvalue weighted by Crippen LogP contribution is 2.49. The SMILES string of the molecule is O=C(CN1CCC2(CC1)[C@H](O)C[C@@H]2O)NC1CCCCCC1. The van der Waals surface area contributed by atoms with Crippen molar-refractivity contribution in [2.75, 3.05) is 19.6 Å². The van der Waals surface area contributed by atoms with E-state index in [2.05, 4.69) is 10.2 Å². The van der Waals surface area contributed by atoms with Gasteiger partial charge in [-0.15, -0.1) is 0 Å². The molecule has 0 bridgehead atoms. The van der Waals surface area contributed by atoms with Gasteiger partial charge in [0.2, 0.25) is 5.91 Å². The van der Waals surface area contributed by atoms with Gasteiger partial charge in [-0.1, -0.05) is 25.7 Å². The quantitative estimate of drug-likeness (QED) is 0.681. The molecule has 0 aromatic heterocycles. The zero-order valence-electron chi connectivity index (χ0n) is 13.5. The summed E-state index contributed by atoms with van der Waals surface area (Å²) < 4.78 is 0. The van der Waals surface area contributed by atoms with Crippen molar-refractivity contribution in [1.82, 2.24) is 10.2 Å². The summed E-state index contributed by atoms with van der Waals surface area (Å²) >= 11 is 0. The van der Waals surface area contributed by atoms with Crippen LogP contribution in [-0.4, -0.2) is 58.9 Å². The highest BCUT2D eigenvalue weighted by molar-refractivity contribution is 5.78. The smallest absolute Gasteiger partial charge is 0.234 e. The Balaban J connectivity index is 1.41. The van der Waals surface area contributed by atoms with Gasteiger partial charge in [0.25, 0.3) is 0 Å². The largest absolute Gasteiger partial charge is 0.392 e. The minimum atomic E-state index is -0.357. The van der Waals surface area contributed by atoms with Crippen LogP contribution in [0.1, 0.15) is 57.8 Å². The maximum atomic E-state index is 12.2. The van der Waals surface area contributed by atoms with Crippen molar-refractivity contribution in [2.45, 2.75) is 76.0 Å². The normalized spacial score (nSPS) is 33.2. The van der Waals surface area contributed by atoms with Gasteiger partial charge in [0.1, 0.15) is 0 Å². The first kappa shape index (κ1) is 16.2. The summed E-state index contributed by atoms with van der Waals surface area (Å²) in [7, 11) is 0. The van der Waals surface area contributed by atoms with E-state index in [1.165, 1.54) is 25.7 Å². The molecular weight excluding hydrogens is 280 g/mol. The lowest BCUT2D eigenvalue weighted by molar-refractivity contribution is -0.189. The van der Waals surface area contributed by atoms with E-state index in [1.807, 2.05) is 0 Å². The number of hydrogen-bond donors (Lipinski definition) is 3. The zero-order chi connectivity index (χ0) is 15.6. The molecule has 5 heteroatoms. The third-order valence-electron chi connectivity index (χ3n) is 6.15. The third kappa shape index (κ3) is 3.31. The van der Waals surface area contributed by atoms with Crippen molar-refractivity contribution in [3.05, 3.63) is 0 Å². The predicted molar refractivity (Wildman–Crippen MR) is 84.4 cm³/mol. The van der Waals surface area contributed by atoms with Crippen molar-refractivity contribution in [3.8, 4) is 0 Å². The van der Waals surface area contributed by atoms with Crippen LogP contribution in [0.2, 0.25) is 0 Å². The minimum absolute atomic E-state index is 0.137. The van der Waals surface area contributed by atoms with E-state index in [0.717, 1.165) is 38.8 Å². The molecule has 0 radical (unpaired) electrons. The Morgan fingerprint density at radius 2 is 1.64 bits per heavy atom. The van der Waals surface area contributed by atoms with Crippen LogP contribution in [0, 0.1) is 5.41 Å². The number of aliphatic hydroxyl groups excluding tert-OH is 2. The van der Waals surface area contributed by atoms with Gasteiger partial charge in [0.05, 0.1) is 18.8 Å². The zero-order valence-corrected chi connectivity index (χ0v) is 13.5. The van der Waals surface area contributed by atoms with Crippen molar-refractivity contribution in [2.24, 2.45) is 5.41 Å². The lowest BCUT2D eigenvalue weighted by Crippen LogP contribution is -2.61.